The summed E-state index contributed by atoms with van der Waals surface area (Å²) in [5, 5.41) is 11.5. The largest absolute Gasteiger partial charge is 0.632 e. The van der Waals surface area contributed by atoms with Crippen LogP contribution < -0.4 is 0 Å². The molecule has 2 fully saturated rings. The van der Waals surface area contributed by atoms with E-state index in [1.54, 1.807) is 0 Å². The van der Waals surface area contributed by atoms with Crippen LogP contribution in [0.25, 0.3) is 0 Å². The quantitative estimate of drug-likeness (QED) is 0.338. The maximum absolute atomic E-state index is 11.5. The van der Waals surface area contributed by atoms with E-state index in [0.717, 1.165) is 26.2 Å². The van der Waals surface area contributed by atoms with E-state index < -0.39 is 0 Å². The van der Waals surface area contributed by atoms with Gasteiger partial charge >= 0.3 is 0 Å². The monoisotopic (exact) mass is 128 g/mol. The molecular formula is C6H12N2O. The van der Waals surface area contributed by atoms with Crippen LogP contribution in [0, 0.1) is 5.21 Å². The van der Waals surface area contributed by atoms with Gasteiger partial charge in [0, 0.05) is 6.92 Å². The molecule has 0 spiro atoms. The predicted molar refractivity (Wildman–Crippen MR) is 34.4 cm³/mol. The first-order valence-electron chi connectivity index (χ1n) is 3.54. The van der Waals surface area contributed by atoms with E-state index in [2.05, 4.69) is 4.90 Å². The molecule has 3 heteroatoms. The van der Waals surface area contributed by atoms with Crippen LogP contribution in [0.4, 0.5) is 0 Å². The van der Waals surface area contributed by atoms with Gasteiger partial charge in [0.25, 0.3) is 0 Å². The molecule has 9 heavy (non-hydrogen) atoms. The molecule has 0 radical (unpaired) electrons. The van der Waals surface area contributed by atoms with Gasteiger partial charge in [-0.25, -0.2) is 4.90 Å². The van der Waals surface area contributed by atoms with Gasteiger partial charge in [0.1, 0.15) is 6.17 Å². The van der Waals surface area contributed by atoms with E-state index in [0.29, 0.717) is 0 Å². The second-order valence-electron chi connectivity index (χ2n) is 3.07. The number of hydrogen-bond donors (Lipinski definition) is 0. The third-order valence-corrected chi connectivity index (χ3v) is 2.74. The molecule has 2 aliphatic heterocycles. The van der Waals surface area contributed by atoms with Crippen molar-refractivity contribution in [2.75, 3.05) is 26.2 Å². The van der Waals surface area contributed by atoms with Gasteiger partial charge in [0.05, 0.1) is 26.2 Å². The molecule has 52 valence electrons. The molecule has 1 atom stereocenters. The number of piperazine rings is 1. The van der Waals surface area contributed by atoms with Gasteiger partial charge in [-0.1, -0.05) is 0 Å². The molecular weight excluding hydrogens is 116 g/mol. The minimum absolute atomic E-state index is 0.0556. The summed E-state index contributed by atoms with van der Waals surface area (Å²) < 4.78 is 0.0556. The molecule has 0 amide bonds. The predicted octanol–water partition coefficient (Wildman–Crippen LogP) is -0.0238. The minimum Gasteiger partial charge on any atom is -0.632 e. The van der Waals surface area contributed by atoms with Crippen LogP contribution in [0.3, 0.4) is 0 Å². The Morgan fingerprint density at radius 3 is 2.11 bits per heavy atom. The lowest BCUT2D eigenvalue weighted by atomic mass is 10.4. The maximum atomic E-state index is 11.5. The second-order valence-corrected chi connectivity index (χ2v) is 3.07. The van der Waals surface area contributed by atoms with Gasteiger partial charge < -0.3 is 9.85 Å². The first-order chi connectivity index (χ1) is 4.22. The Morgan fingerprint density at radius 2 is 2.00 bits per heavy atom. The average molecular weight is 128 g/mol. The molecule has 0 aromatic rings. The minimum atomic E-state index is 0.0556. The van der Waals surface area contributed by atoms with Crippen molar-refractivity contribution >= 4 is 0 Å². The Labute approximate surface area is 55.0 Å². The third kappa shape index (κ3) is 0.569. The number of fused-ring (bicyclic) bond motifs is 2. The summed E-state index contributed by atoms with van der Waals surface area (Å²) >= 11 is 0. The number of hydroxylamine groups is 3. The summed E-state index contributed by atoms with van der Waals surface area (Å²) in [4.78, 5) is 2.27. The highest BCUT2D eigenvalue weighted by atomic mass is 16.6. The SMILES string of the molecule is CC1N2CC[N+]1([O-])CC2. The summed E-state index contributed by atoms with van der Waals surface area (Å²) in [6, 6.07) is 0. The molecule has 0 saturated carbocycles. The fourth-order valence-corrected chi connectivity index (χ4v) is 1.86. The Kier molecular flexibility index (Phi) is 0.928. The molecule has 0 N–H and O–H groups in total. The van der Waals surface area contributed by atoms with Crippen molar-refractivity contribution in [1.82, 2.24) is 4.90 Å². The van der Waals surface area contributed by atoms with Gasteiger partial charge in [-0.3, -0.25) is 0 Å². The molecule has 3 nitrogen and oxygen atoms in total. The molecule has 0 aliphatic carbocycles. The van der Waals surface area contributed by atoms with E-state index in [1.807, 2.05) is 6.92 Å². The van der Waals surface area contributed by atoms with Crippen LogP contribution in [0.5, 0.6) is 0 Å². The summed E-state index contributed by atoms with van der Waals surface area (Å²) in [6.45, 7) is 5.71. The molecule has 2 bridgehead atoms. The second kappa shape index (κ2) is 1.48. The topological polar surface area (TPSA) is 26.3 Å². The van der Waals surface area contributed by atoms with Crippen molar-refractivity contribution < 1.29 is 4.65 Å². The Balaban J connectivity index is 2.26. The lowest BCUT2D eigenvalue weighted by molar-refractivity contribution is -0.881. The van der Waals surface area contributed by atoms with E-state index >= 15 is 0 Å². The van der Waals surface area contributed by atoms with Gasteiger partial charge in [-0.15, -0.1) is 0 Å². The molecule has 1 unspecified atom stereocenters. The first kappa shape index (κ1) is 5.65. The van der Waals surface area contributed by atoms with Crippen LogP contribution in [0.15, 0.2) is 0 Å². The highest BCUT2D eigenvalue weighted by Gasteiger charge is 2.43. The van der Waals surface area contributed by atoms with Crippen LogP contribution in [-0.2, 0) is 0 Å². The highest BCUT2D eigenvalue weighted by Crippen LogP contribution is 2.28. The lowest BCUT2D eigenvalue weighted by Gasteiger charge is -2.37. The smallest absolute Gasteiger partial charge is 0.142 e. The number of nitrogens with zero attached hydrogens (tertiary/aromatic N) is 2. The summed E-state index contributed by atoms with van der Waals surface area (Å²) in [7, 11) is 0. The third-order valence-electron chi connectivity index (χ3n) is 2.74. The van der Waals surface area contributed by atoms with Crippen LogP contribution >= 0.6 is 0 Å². The van der Waals surface area contributed by atoms with Crippen molar-refractivity contribution in [3.63, 3.8) is 0 Å². The fourth-order valence-electron chi connectivity index (χ4n) is 1.86. The molecule has 0 aromatic heterocycles. The van der Waals surface area contributed by atoms with Crippen LogP contribution in [0.2, 0.25) is 0 Å². The normalized spacial score (nSPS) is 56.7. The Hall–Kier alpha value is -0.120. The lowest BCUT2D eigenvalue weighted by Crippen LogP contribution is -2.42. The zero-order valence-electron chi connectivity index (χ0n) is 5.71. The van der Waals surface area contributed by atoms with Crippen molar-refractivity contribution in [3.05, 3.63) is 5.21 Å². The summed E-state index contributed by atoms with van der Waals surface area (Å²) in [5.41, 5.74) is 0. The van der Waals surface area contributed by atoms with Crippen LogP contribution in [-0.4, -0.2) is 41.9 Å². The van der Waals surface area contributed by atoms with E-state index in [-0.39, 0.29) is 10.8 Å². The van der Waals surface area contributed by atoms with Gasteiger partial charge in [-0.05, 0) is 0 Å². The molecule has 2 heterocycles. The first-order valence-corrected chi connectivity index (χ1v) is 3.54. The van der Waals surface area contributed by atoms with Gasteiger partial charge in [0.15, 0.2) is 0 Å². The Morgan fingerprint density at radius 1 is 1.44 bits per heavy atom. The van der Waals surface area contributed by atoms with Crippen molar-refractivity contribution in [2.45, 2.75) is 13.1 Å². The van der Waals surface area contributed by atoms with E-state index in [9.17, 15) is 5.21 Å². The maximum Gasteiger partial charge on any atom is 0.142 e. The molecule has 0 aromatic carbocycles. The molecule has 2 aliphatic rings. The van der Waals surface area contributed by atoms with Crippen molar-refractivity contribution in [2.24, 2.45) is 0 Å². The number of quaternary nitrogens is 1. The zero-order chi connectivity index (χ0) is 6.48. The van der Waals surface area contributed by atoms with E-state index in [1.165, 1.54) is 0 Å². The van der Waals surface area contributed by atoms with Crippen molar-refractivity contribution in [1.29, 1.82) is 0 Å². The number of rotatable bonds is 0. The highest BCUT2D eigenvalue weighted by molar-refractivity contribution is 4.76. The van der Waals surface area contributed by atoms with Crippen LogP contribution in [0.1, 0.15) is 6.92 Å². The van der Waals surface area contributed by atoms with Gasteiger partial charge in [0.2, 0.25) is 0 Å². The standard InChI is InChI=1S/C6H12N2O/c1-6-7-2-4-8(6,9)5-3-7/h6H,2-5H2,1H3. The average Bonchev–Trinajstić information content (AvgIpc) is 2.24. The Bertz CT molecular complexity index is 129. The van der Waals surface area contributed by atoms with Gasteiger partial charge in [-0.2, -0.15) is 0 Å². The van der Waals surface area contributed by atoms with Crippen molar-refractivity contribution in [3.8, 4) is 0 Å². The summed E-state index contributed by atoms with van der Waals surface area (Å²) in [5.74, 6) is 0. The molecule has 2 rings (SSSR count). The summed E-state index contributed by atoms with van der Waals surface area (Å²) in [6.07, 6.45) is 0.255. The van der Waals surface area contributed by atoms with E-state index in [4.69, 9.17) is 0 Å². The fraction of sp³-hybridized carbons (Fsp3) is 1.00. The molecule has 2 saturated heterocycles. The number of hydrogen-bond acceptors (Lipinski definition) is 2. The zero-order valence-corrected chi connectivity index (χ0v) is 5.71.